The Bertz CT molecular complexity index is 1060. The lowest BCUT2D eigenvalue weighted by molar-refractivity contribution is -0.123. The molecule has 6 heteroatoms. The molecule has 0 bridgehead atoms. The molecule has 0 aliphatic carbocycles. The minimum absolute atomic E-state index is 0.0740. The van der Waals surface area contributed by atoms with Crippen LogP contribution in [0.1, 0.15) is 37.5 Å². The Morgan fingerprint density at radius 1 is 0.938 bits per heavy atom. The van der Waals surface area contributed by atoms with Crippen molar-refractivity contribution in [3.05, 3.63) is 94.5 Å². The predicted octanol–water partition coefficient (Wildman–Crippen LogP) is 5.75. The molecule has 0 saturated carbocycles. The van der Waals surface area contributed by atoms with Gasteiger partial charge >= 0.3 is 0 Å². The van der Waals surface area contributed by atoms with Crippen LogP contribution < -0.4 is 14.9 Å². The molecule has 1 N–H and O–H groups in total. The topological polar surface area (TPSA) is 59.9 Å². The van der Waals surface area contributed by atoms with E-state index in [1.54, 1.807) is 6.21 Å². The zero-order valence-corrected chi connectivity index (χ0v) is 19.2. The van der Waals surface area contributed by atoms with Crippen molar-refractivity contribution in [2.45, 2.75) is 32.8 Å². The summed E-state index contributed by atoms with van der Waals surface area (Å²) < 4.78 is 11.3. The van der Waals surface area contributed by atoms with Gasteiger partial charge in [-0.3, -0.25) is 4.79 Å². The molecule has 0 unspecified atom stereocenters. The van der Waals surface area contributed by atoms with E-state index >= 15 is 0 Å². The predicted molar refractivity (Wildman–Crippen MR) is 129 cm³/mol. The van der Waals surface area contributed by atoms with Gasteiger partial charge in [-0.05, 0) is 59.0 Å². The summed E-state index contributed by atoms with van der Waals surface area (Å²) >= 11 is 6.14. The molecule has 0 heterocycles. The normalized spacial score (nSPS) is 11.4. The molecule has 0 saturated heterocycles. The number of nitrogens with one attached hydrogen (secondary N) is 1. The minimum atomic E-state index is -0.333. The van der Waals surface area contributed by atoms with Gasteiger partial charge in [0, 0.05) is 10.6 Å². The second kappa shape index (κ2) is 10.8. The number of hydrogen-bond donors (Lipinski definition) is 1. The average Bonchev–Trinajstić information content (AvgIpc) is 2.78. The Hall–Kier alpha value is -3.31. The Labute approximate surface area is 194 Å². The van der Waals surface area contributed by atoms with Crippen LogP contribution in [0.25, 0.3) is 0 Å². The van der Waals surface area contributed by atoms with E-state index in [9.17, 15) is 4.79 Å². The van der Waals surface area contributed by atoms with Crippen LogP contribution in [-0.2, 0) is 16.8 Å². The number of carbonyl (C=O) groups is 1. The fraction of sp³-hybridized carbons (Fsp3) is 0.231. The molecule has 0 atom stereocenters. The molecule has 0 aliphatic heterocycles. The van der Waals surface area contributed by atoms with Gasteiger partial charge in [0.15, 0.2) is 6.61 Å². The number of benzene rings is 3. The molecule has 0 radical (unpaired) electrons. The third-order valence-electron chi connectivity index (χ3n) is 4.73. The van der Waals surface area contributed by atoms with E-state index in [2.05, 4.69) is 31.3 Å². The van der Waals surface area contributed by atoms with Crippen LogP contribution in [0.4, 0.5) is 0 Å². The SMILES string of the molecule is CC(C)(C)c1ccc(OCC(=O)N/N=C\c2ccc(OCc3ccccc3Cl)cc2)cc1. The average molecular weight is 451 g/mol. The van der Waals surface area contributed by atoms with E-state index in [-0.39, 0.29) is 17.9 Å². The molecule has 3 aromatic rings. The number of hydrazone groups is 1. The number of rotatable bonds is 8. The molecule has 1 amide bonds. The van der Waals surface area contributed by atoms with E-state index in [1.165, 1.54) is 5.56 Å². The molecule has 0 fully saturated rings. The fourth-order valence-corrected chi connectivity index (χ4v) is 3.03. The molecule has 0 aliphatic rings. The van der Waals surface area contributed by atoms with Crippen molar-refractivity contribution in [3.63, 3.8) is 0 Å². The standard InChI is InChI=1S/C26H27ClN2O3/c1-26(2,3)21-10-14-23(15-11-21)32-18-25(30)29-28-16-19-8-12-22(13-9-19)31-17-20-6-4-5-7-24(20)27/h4-16H,17-18H2,1-3H3,(H,29,30)/b28-16-. The van der Waals surface area contributed by atoms with Crippen LogP contribution in [0, 0.1) is 0 Å². The van der Waals surface area contributed by atoms with Crippen molar-refractivity contribution >= 4 is 23.7 Å². The van der Waals surface area contributed by atoms with Crippen molar-refractivity contribution in [2.24, 2.45) is 5.10 Å². The molecular formula is C26H27ClN2O3. The molecule has 0 spiro atoms. The lowest BCUT2D eigenvalue weighted by Crippen LogP contribution is -2.24. The maximum Gasteiger partial charge on any atom is 0.277 e. The summed E-state index contributed by atoms with van der Waals surface area (Å²) in [6.07, 6.45) is 1.56. The zero-order valence-electron chi connectivity index (χ0n) is 18.5. The summed E-state index contributed by atoms with van der Waals surface area (Å²) in [5.41, 5.74) is 5.50. The summed E-state index contributed by atoms with van der Waals surface area (Å²) in [5.74, 6) is 1.03. The number of carbonyl (C=O) groups excluding carboxylic acids is 1. The van der Waals surface area contributed by atoms with Crippen molar-refractivity contribution in [1.29, 1.82) is 0 Å². The third-order valence-corrected chi connectivity index (χ3v) is 5.09. The van der Waals surface area contributed by atoms with E-state index in [0.717, 1.165) is 16.9 Å². The van der Waals surface area contributed by atoms with Crippen LogP contribution in [0.2, 0.25) is 5.02 Å². The van der Waals surface area contributed by atoms with E-state index in [1.807, 2.05) is 72.8 Å². The maximum atomic E-state index is 12.0. The summed E-state index contributed by atoms with van der Waals surface area (Å²) in [4.78, 5) is 12.0. The zero-order chi connectivity index (χ0) is 23.0. The summed E-state index contributed by atoms with van der Waals surface area (Å²) in [7, 11) is 0. The largest absolute Gasteiger partial charge is 0.489 e. The molecule has 166 valence electrons. The van der Waals surface area contributed by atoms with Gasteiger partial charge < -0.3 is 9.47 Å². The first kappa shape index (κ1) is 23.4. The van der Waals surface area contributed by atoms with E-state index < -0.39 is 0 Å². The quantitative estimate of drug-likeness (QED) is 0.351. The van der Waals surface area contributed by atoms with E-state index in [0.29, 0.717) is 17.4 Å². The van der Waals surface area contributed by atoms with E-state index in [4.69, 9.17) is 21.1 Å². The Kier molecular flexibility index (Phi) is 7.90. The molecule has 0 aromatic heterocycles. The van der Waals surface area contributed by atoms with Gasteiger partial charge in [-0.2, -0.15) is 5.10 Å². The van der Waals surface area contributed by atoms with Gasteiger partial charge in [0.2, 0.25) is 0 Å². The number of halogens is 1. The van der Waals surface area contributed by atoms with Crippen LogP contribution in [0.5, 0.6) is 11.5 Å². The highest BCUT2D eigenvalue weighted by Crippen LogP contribution is 2.24. The highest BCUT2D eigenvalue weighted by molar-refractivity contribution is 6.31. The minimum Gasteiger partial charge on any atom is -0.489 e. The van der Waals surface area contributed by atoms with Crippen LogP contribution in [-0.4, -0.2) is 18.7 Å². The maximum absolute atomic E-state index is 12.0. The monoisotopic (exact) mass is 450 g/mol. The lowest BCUT2D eigenvalue weighted by Gasteiger charge is -2.19. The molecule has 32 heavy (non-hydrogen) atoms. The van der Waals surface area contributed by atoms with Crippen LogP contribution >= 0.6 is 11.6 Å². The van der Waals surface area contributed by atoms with Crippen molar-refractivity contribution in [3.8, 4) is 11.5 Å². The summed E-state index contributed by atoms with van der Waals surface area (Å²) in [5, 5.41) is 4.65. The number of hydrogen-bond acceptors (Lipinski definition) is 4. The fourth-order valence-electron chi connectivity index (χ4n) is 2.84. The van der Waals surface area contributed by atoms with Crippen molar-refractivity contribution < 1.29 is 14.3 Å². The van der Waals surface area contributed by atoms with Gasteiger partial charge in [-0.1, -0.05) is 62.7 Å². The van der Waals surface area contributed by atoms with Gasteiger partial charge in [-0.15, -0.1) is 0 Å². The number of amides is 1. The third kappa shape index (κ3) is 7.13. The van der Waals surface area contributed by atoms with Crippen molar-refractivity contribution in [1.82, 2.24) is 5.43 Å². The smallest absolute Gasteiger partial charge is 0.277 e. The molecule has 5 nitrogen and oxygen atoms in total. The first-order chi connectivity index (χ1) is 15.3. The van der Waals surface area contributed by atoms with Gasteiger partial charge in [0.25, 0.3) is 5.91 Å². The molecule has 3 rings (SSSR count). The summed E-state index contributed by atoms with van der Waals surface area (Å²) in [6, 6.07) is 22.7. The second-order valence-corrected chi connectivity index (χ2v) is 8.71. The first-order valence-corrected chi connectivity index (χ1v) is 10.7. The van der Waals surface area contributed by atoms with Gasteiger partial charge in [0.1, 0.15) is 18.1 Å². The molecule has 3 aromatic carbocycles. The van der Waals surface area contributed by atoms with Gasteiger partial charge in [0.05, 0.1) is 6.21 Å². The molecular weight excluding hydrogens is 424 g/mol. The van der Waals surface area contributed by atoms with Crippen LogP contribution in [0.15, 0.2) is 77.9 Å². The second-order valence-electron chi connectivity index (χ2n) is 8.31. The lowest BCUT2D eigenvalue weighted by atomic mass is 9.87. The number of ether oxygens (including phenoxy) is 2. The summed E-state index contributed by atoms with van der Waals surface area (Å²) in [6.45, 7) is 6.73. The Balaban J connectivity index is 1.42. The van der Waals surface area contributed by atoms with Gasteiger partial charge in [-0.25, -0.2) is 5.43 Å². The number of nitrogens with zero attached hydrogens (tertiary/aromatic N) is 1. The Morgan fingerprint density at radius 3 is 2.22 bits per heavy atom. The highest BCUT2D eigenvalue weighted by atomic mass is 35.5. The van der Waals surface area contributed by atoms with Crippen molar-refractivity contribution in [2.75, 3.05) is 6.61 Å². The van der Waals surface area contributed by atoms with Crippen LogP contribution in [0.3, 0.4) is 0 Å². The first-order valence-electron chi connectivity index (χ1n) is 10.3. The Morgan fingerprint density at radius 2 is 1.56 bits per heavy atom. The highest BCUT2D eigenvalue weighted by Gasteiger charge is 2.13.